The Morgan fingerprint density at radius 3 is 2.88 bits per heavy atom. The second-order valence-electron chi connectivity index (χ2n) is 6.72. The second kappa shape index (κ2) is 6.93. The third-order valence-electron chi connectivity index (χ3n) is 5.08. The highest BCUT2D eigenvalue weighted by molar-refractivity contribution is 7.18. The Balaban J connectivity index is 1.73. The summed E-state index contributed by atoms with van der Waals surface area (Å²) in [6, 6.07) is 12.8. The molecule has 0 spiro atoms. The molecule has 4 rings (SSSR count). The summed E-state index contributed by atoms with van der Waals surface area (Å²) >= 11 is 1.73. The van der Waals surface area contributed by atoms with Crippen LogP contribution in [0.2, 0.25) is 0 Å². The number of hydrogen-bond acceptors (Lipinski definition) is 3. The largest absolute Gasteiger partial charge is 0.459 e. The summed E-state index contributed by atoms with van der Waals surface area (Å²) < 4.78 is 6.89. The van der Waals surface area contributed by atoms with Gasteiger partial charge >= 0.3 is 0 Å². The summed E-state index contributed by atoms with van der Waals surface area (Å²) in [5.41, 5.74) is 1.75. The minimum Gasteiger partial charge on any atom is -0.459 e. The van der Waals surface area contributed by atoms with Crippen molar-refractivity contribution in [3.63, 3.8) is 0 Å². The Bertz CT molecular complexity index is 1080. The van der Waals surface area contributed by atoms with E-state index in [1.807, 2.05) is 30.3 Å². The zero-order valence-corrected chi connectivity index (χ0v) is 15.4. The van der Waals surface area contributed by atoms with Gasteiger partial charge < -0.3 is 4.74 Å². The normalized spacial score (nSPS) is 16.1. The average molecular weight is 361 g/mol. The first-order chi connectivity index (χ1) is 12.7. The van der Waals surface area contributed by atoms with Crippen LogP contribution in [-0.4, -0.2) is 0 Å². The molecule has 0 aliphatic heterocycles. The minimum atomic E-state index is 0.185. The fourth-order valence-corrected chi connectivity index (χ4v) is 4.90. The van der Waals surface area contributed by atoms with E-state index in [9.17, 15) is 4.79 Å². The van der Waals surface area contributed by atoms with Crippen LogP contribution in [0.25, 0.3) is 14.9 Å². The van der Waals surface area contributed by atoms with Crippen molar-refractivity contribution in [2.75, 3.05) is 0 Å². The van der Waals surface area contributed by atoms with Gasteiger partial charge in [-0.15, -0.1) is 11.3 Å². The first kappa shape index (κ1) is 16.8. The van der Waals surface area contributed by atoms with Crippen LogP contribution >= 0.6 is 11.3 Å². The molecular formula is C22H19NO2S. The number of hydrogen-bond donors (Lipinski definition) is 0. The van der Waals surface area contributed by atoms with Crippen LogP contribution < -0.4 is 10.2 Å². The quantitative estimate of drug-likeness (QED) is 0.526. The molecule has 1 aliphatic rings. The summed E-state index contributed by atoms with van der Waals surface area (Å²) in [5, 5.41) is 0.783. The predicted molar refractivity (Wildman–Crippen MR) is 107 cm³/mol. The lowest BCUT2D eigenvalue weighted by molar-refractivity contribution is 0.448. The lowest BCUT2D eigenvalue weighted by atomic mass is 9.87. The van der Waals surface area contributed by atoms with E-state index in [-0.39, 0.29) is 5.43 Å². The first-order valence-electron chi connectivity index (χ1n) is 8.92. The molecule has 1 aromatic heterocycles. The number of rotatable bonds is 3. The zero-order valence-electron chi connectivity index (χ0n) is 14.6. The van der Waals surface area contributed by atoms with Gasteiger partial charge in [-0.05, 0) is 55.5 Å². The maximum absolute atomic E-state index is 12.9. The van der Waals surface area contributed by atoms with Crippen LogP contribution in [0, 0.1) is 12.5 Å². The van der Waals surface area contributed by atoms with Crippen LogP contribution in [0.5, 0.6) is 11.5 Å². The molecule has 4 heteroatoms. The topological polar surface area (TPSA) is 30.7 Å². The lowest BCUT2D eigenvalue weighted by Gasteiger charge is -2.22. The van der Waals surface area contributed by atoms with Gasteiger partial charge in [0.05, 0.1) is 6.57 Å². The van der Waals surface area contributed by atoms with Gasteiger partial charge in [0, 0.05) is 20.5 Å². The van der Waals surface area contributed by atoms with Gasteiger partial charge in [0.15, 0.2) is 11.1 Å². The Kier molecular flexibility index (Phi) is 4.48. The molecule has 1 aliphatic carbocycles. The molecular weight excluding hydrogens is 342 g/mol. The molecule has 0 fully saturated rings. The fraction of sp³-hybridized carbons (Fsp3) is 0.273. The molecule has 1 atom stereocenters. The van der Waals surface area contributed by atoms with E-state index >= 15 is 0 Å². The molecule has 3 nitrogen and oxygen atoms in total. The van der Waals surface area contributed by atoms with Crippen molar-refractivity contribution in [3.05, 3.63) is 74.5 Å². The van der Waals surface area contributed by atoms with Gasteiger partial charge in [0.1, 0.15) is 11.5 Å². The number of nitrogens with zero attached hydrogens (tertiary/aromatic N) is 1. The second-order valence-corrected chi connectivity index (χ2v) is 7.86. The van der Waals surface area contributed by atoms with E-state index in [1.54, 1.807) is 23.5 Å². The van der Waals surface area contributed by atoms with E-state index in [2.05, 4.69) is 11.8 Å². The Hall–Kier alpha value is -2.64. The van der Waals surface area contributed by atoms with Gasteiger partial charge in [0.25, 0.3) is 0 Å². The third kappa shape index (κ3) is 3.11. The molecule has 3 aromatic rings. The molecule has 1 unspecified atom stereocenters. The van der Waals surface area contributed by atoms with E-state index in [4.69, 9.17) is 11.3 Å². The van der Waals surface area contributed by atoms with Crippen LogP contribution in [0.4, 0.5) is 5.69 Å². The highest BCUT2D eigenvalue weighted by atomic mass is 32.1. The van der Waals surface area contributed by atoms with E-state index in [0.29, 0.717) is 23.1 Å². The van der Waals surface area contributed by atoms with E-state index in [1.165, 1.54) is 11.3 Å². The Morgan fingerprint density at radius 2 is 2.08 bits per heavy atom. The molecule has 1 heterocycles. The summed E-state index contributed by atoms with van der Waals surface area (Å²) in [4.78, 5) is 17.5. The minimum absolute atomic E-state index is 0.185. The zero-order chi connectivity index (χ0) is 18.1. The predicted octanol–water partition coefficient (Wildman–Crippen LogP) is 6.12. The fourth-order valence-electron chi connectivity index (χ4n) is 3.55. The van der Waals surface area contributed by atoms with Crippen molar-refractivity contribution in [3.8, 4) is 11.5 Å². The maximum atomic E-state index is 12.9. The van der Waals surface area contributed by atoms with Crippen molar-refractivity contribution >= 4 is 27.1 Å². The lowest BCUT2D eigenvalue weighted by Crippen LogP contribution is -2.20. The van der Waals surface area contributed by atoms with Gasteiger partial charge in [0.2, 0.25) is 0 Å². The molecule has 0 saturated heterocycles. The number of benzene rings is 2. The standard InChI is InChI=1S/C22H19NO2S/c1-3-14-7-9-18-20(11-14)26-21-13-17(8-10-19(21)22(18)24)25-16-6-4-5-15(12-16)23-2/h4-6,8,10,12-14H,3,7,9,11H2,1H3. The molecule has 0 saturated carbocycles. The summed E-state index contributed by atoms with van der Waals surface area (Å²) in [7, 11) is 0. The summed E-state index contributed by atoms with van der Waals surface area (Å²) in [6.45, 7) is 9.33. The highest BCUT2D eigenvalue weighted by Crippen LogP contribution is 2.34. The highest BCUT2D eigenvalue weighted by Gasteiger charge is 2.21. The van der Waals surface area contributed by atoms with Crippen LogP contribution in [-0.2, 0) is 12.8 Å². The first-order valence-corrected chi connectivity index (χ1v) is 9.73. The molecule has 0 radical (unpaired) electrons. The molecule has 0 N–H and O–H groups in total. The van der Waals surface area contributed by atoms with E-state index in [0.717, 1.165) is 34.9 Å². The van der Waals surface area contributed by atoms with Crippen molar-refractivity contribution in [2.24, 2.45) is 5.92 Å². The molecule has 26 heavy (non-hydrogen) atoms. The molecule has 0 bridgehead atoms. The number of ether oxygens (including phenoxy) is 1. The van der Waals surface area contributed by atoms with Crippen molar-refractivity contribution in [2.45, 2.75) is 32.6 Å². The third-order valence-corrected chi connectivity index (χ3v) is 6.30. The van der Waals surface area contributed by atoms with Crippen molar-refractivity contribution in [1.82, 2.24) is 0 Å². The monoisotopic (exact) mass is 361 g/mol. The van der Waals surface area contributed by atoms with Gasteiger partial charge in [-0.1, -0.05) is 25.5 Å². The van der Waals surface area contributed by atoms with Crippen LogP contribution in [0.3, 0.4) is 0 Å². The average Bonchev–Trinajstić information content (AvgIpc) is 2.67. The maximum Gasteiger partial charge on any atom is 0.191 e. The Morgan fingerprint density at radius 1 is 1.23 bits per heavy atom. The van der Waals surface area contributed by atoms with Crippen molar-refractivity contribution in [1.29, 1.82) is 0 Å². The van der Waals surface area contributed by atoms with Gasteiger partial charge in [-0.25, -0.2) is 4.85 Å². The van der Waals surface area contributed by atoms with Crippen LogP contribution in [0.15, 0.2) is 47.3 Å². The van der Waals surface area contributed by atoms with Gasteiger partial charge in [-0.2, -0.15) is 0 Å². The van der Waals surface area contributed by atoms with E-state index < -0.39 is 0 Å². The summed E-state index contributed by atoms with van der Waals surface area (Å²) in [5.74, 6) is 2.01. The molecule has 130 valence electrons. The Labute approximate surface area is 156 Å². The summed E-state index contributed by atoms with van der Waals surface area (Å²) in [6.07, 6.45) is 4.20. The van der Waals surface area contributed by atoms with Crippen molar-refractivity contribution < 1.29 is 4.74 Å². The van der Waals surface area contributed by atoms with Crippen LogP contribution in [0.1, 0.15) is 30.2 Å². The molecule has 2 aromatic carbocycles. The molecule has 0 amide bonds. The smallest absolute Gasteiger partial charge is 0.191 e. The van der Waals surface area contributed by atoms with Gasteiger partial charge in [-0.3, -0.25) is 4.79 Å². The SMILES string of the molecule is [C-]#[N+]c1cccc(Oc2ccc3c(=O)c4c(sc3c2)CC(CC)CC4)c1. The number of fused-ring (bicyclic) bond motifs is 2.